The fourth-order valence-electron chi connectivity index (χ4n) is 4.00. The highest BCUT2D eigenvalue weighted by Gasteiger charge is 2.61. The third-order valence-corrected chi connectivity index (χ3v) is 6.11. The van der Waals surface area contributed by atoms with Crippen LogP contribution in [-0.2, 0) is 16.6 Å². The molecule has 6 heteroatoms. The highest BCUT2D eigenvalue weighted by atomic mass is 35.5. The van der Waals surface area contributed by atoms with Crippen LogP contribution in [0.25, 0.3) is 0 Å². The first-order valence-corrected chi connectivity index (χ1v) is 10.4. The van der Waals surface area contributed by atoms with Gasteiger partial charge in [-0.2, -0.15) is 0 Å². The van der Waals surface area contributed by atoms with Crippen molar-refractivity contribution < 1.29 is 24.1 Å². The summed E-state index contributed by atoms with van der Waals surface area (Å²) in [5.41, 5.74) is -2.68. The zero-order valence-electron chi connectivity index (χ0n) is 16.7. The van der Waals surface area contributed by atoms with Gasteiger partial charge in [0.05, 0.1) is 0 Å². The summed E-state index contributed by atoms with van der Waals surface area (Å²) >= 11 is 5.94. The third kappa shape index (κ3) is 4.29. The first-order chi connectivity index (χ1) is 14.8. The van der Waals surface area contributed by atoms with Gasteiger partial charge in [-0.1, -0.05) is 54.1 Å². The number of carbonyl (C=O) groups is 1. The SMILES string of the molecule is O=C(O)C(F)(Cc1cccc(Oc2ccccc2)c1)C(O)C1(c2ccc(Cl)cc2)CC1. The number of ether oxygens (including phenoxy) is 1. The van der Waals surface area contributed by atoms with E-state index in [0.29, 0.717) is 40.5 Å². The van der Waals surface area contributed by atoms with Gasteiger partial charge in [0.25, 0.3) is 0 Å². The summed E-state index contributed by atoms with van der Waals surface area (Å²) in [4.78, 5) is 12.0. The molecule has 4 nitrogen and oxygen atoms in total. The number of halogens is 2. The molecule has 0 radical (unpaired) electrons. The molecule has 31 heavy (non-hydrogen) atoms. The van der Waals surface area contributed by atoms with Crippen molar-refractivity contribution in [1.29, 1.82) is 0 Å². The van der Waals surface area contributed by atoms with Gasteiger partial charge in [-0.25, -0.2) is 9.18 Å². The number of benzene rings is 3. The Bertz CT molecular complexity index is 1070. The molecule has 3 aromatic carbocycles. The van der Waals surface area contributed by atoms with E-state index >= 15 is 4.39 Å². The highest BCUT2D eigenvalue weighted by molar-refractivity contribution is 6.30. The molecule has 0 heterocycles. The van der Waals surface area contributed by atoms with Crippen molar-refractivity contribution in [3.8, 4) is 11.5 Å². The van der Waals surface area contributed by atoms with Crippen molar-refractivity contribution in [3.05, 3.63) is 95.0 Å². The number of aliphatic carboxylic acids is 1. The van der Waals surface area contributed by atoms with Crippen LogP contribution < -0.4 is 4.74 Å². The molecule has 1 aliphatic carbocycles. The van der Waals surface area contributed by atoms with Crippen molar-refractivity contribution in [3.63, 3.8) is 0 Å². The van der Waals surface area contributed by atoms with E-state index in [4.69, 9.17) is 16.3 Å². The number of carboxylic acids is 1. The molecule has 2 N–H and O–H groups in total. The van der Waals surface area contributed by atoms with Gasteiger partial charge in [-0.05, 0) is 60.4 Å². The second-order valence-electron chi connectivity index (χ2n) is 7.97. The fourth-order valence-corrected chi connectivity index (χ4v) is 4.13. The zero-order valence-corrected chi connectivity index (χ0v) is 17.4. The molecule has 0 spiro atoms. The van der Waals surface area contributed by atoms with Crippen molar-refractivity contribution >= 4 is 17.6 Å². The van der Waals surface area contributed by atoms with Crippen LogP contribution in [0.2, 0.25) is 5.02 Å². The number of hydrogen-bond acceptors (Lipinski definition) is 3. The minimum absolute atomic E-state index is 0.421. The van der Waals surface area contributed by atoms with Gasteiger partial charge in [0, 0.05) is 16.9 Å². The molecule has 0 bridgehead atoms. The Kier molecular flexibility index (Phi) is 5.73. The van der Waals surface area contributed by atoms with Crippen LogP contribution in [0.1, 0.15) is 24.0 Å². The lowest BCUT2D eigenvalue weighted by Gasteiger charge is -2.33. The largest absolute Gasteiger partial charge is 0.479 e. The smallest absolute Gasteiger partial charge is 0.344 e. The molecule has 0 saturated heterocycles. The average molecular weight is 441 g/mol. The number of aliphatic hydroxyl groups is 1. The van der Waals surface area contributed by atoms with Crippen molar-refractivity contribution in [2.45, 2.75) is 36.5 Å². The Hall–Kier alpha value is -2.89. The predicted molar refractivity (Wildman–Crippen MR) is 117 cm³/mol. The Balaban J connectivity index is 1.59. The second kappa shape index (κ2) is 8.33. The van der Waals surface area contributed by atoms with E-state index in [1.807, 2.05) is 18.2 Å². The van der Waals surface area contributed by atoms with Gasteiger partial charge in [-0.15, -0.1) is 0 Å². The molecule has 4 rings (SSSR count). The van der Waals surface area contributed by atoms with E-state index in [9.17, 15) is 15.0 Å². The first kappa shape index (κ1) is 21.3. The van der Waals surface area contributed by atoms with Crippen molar-refractivity contribution in [2.24, 2.45) is 0 Å². The van der Waals surface area contributed by atoms with Gasteiger partial charge in [0.15, 0.2) is 0 Å². The molecular formula is C25H22ClFO4. The standard InChI is InChI=1S/C25H22ClFO4/c26-19-11-9-18(10-12-19)24(13-14-24)22(28)25(27,23(29)30)16-17-5-4-8-21(15-17)31-20-6-2-1-3-7-20/h1-12,15,22,28H,13-14,16H2,(H,29,30). The molecule has 0 amide bonds. The molecule has 1 fully saturated rings. The summed E-state index contributed by atoms with van der Waals surface area (Å²) in [6.07, 6.45) is -1.18. The predicted octanol–water partition coefficient (Wildman–Crippen LogP) is 5.56. The average Bonchev–Trinajstić information content (AvgIpc) is 3.56. The van der Waals surface area contributed by atoms with Crippen LogP contribution >= 0.6 is 11.6 Å². The number of aliphatic hydroxyl groups excluding tert-OH is 1. The molecule has 2 atom stereocenters. The lowest BCUT2D eigenvalue weighted by Crippen LogP contribution is -2.53. The maximum absolute atomic E-state index is 15.9. The Morgan fingerprint density at radius 2 is 1.68 bits per heavy atom. The number of hydrogen-bond donors (Lipinski definition) is 2. The maximum Gasteiger partial charge on any atom is 0.344 e. The van der Waals surface area contributed by atoms with Gasteiger partial charge in [-0.3, -0.25) is 0 Å². The quantitative estimate of drug-likeness (QED) is 0.481. The zero-order chi connectivity index (χ0) is 22.1. The summed E-state index contributed by atoms with van der Waals surface area (Å²) in [5, 5.41) is 21.3. The summed E-state index contributed by atoms with van der Waals surface area (Å²) in [6.45, 7) is 0. The Morgan fingerprint density at radius 1 is 1.03 bits per heavy atom. The molecule has 1 aliphatic rings. The molecule has 2 unspecified atom stereocenters. The monoisotopic (exact) mass is 440 g/mol. The minimum Gasteiger partial charge on any atom is -0.479 e. The molecular weight excluding hydrogens is 419 g/mol. The molecule has 3 aromatic rings. The van der Waals surface area contributed by atoms with Gasteiger partial charge in [0.2, 0.25) is 5.67 Å². The van der Waals surface area contributed by atoms with E-state index in [1.165, 1.54) is 0 Å². The Labute approximate surface area is 184 Å². The summed E-state index contributed by atoms with van der Waals surface area (Å²) in [7, 11) is 0. The third-order valence-electron chi connectivity index (χ3n) is 5.86. The summed E-state index contributed by atoms with van der Waals surface area (Å²) < 4.78 is 21.7. The molecule has 160 valence electrons. The van der Waals surface area contributed by atoms with Crippen LogP contribution in [0, 0.1) is 0 Å². The lowest BCUT2D eigenvalue weighted by molar-refractivity contribution is -0.161. The first-order valence-electron chi connectivity index (χ1n) is 10.0. The summed E-state index contributed by atoms with van der Waals surface area (Å²) in [5.74, 6) is -0.608. The van der Waals surface area contributed by atoms with E-state index in [2.05, 4.69) is 0 Å². The number of alkyl halides is 1. The summed E-state index contributed by atoms with van der Waals surface area (Å²) in [6, 6.07) is 22.5. The number of para-hydroxylation sites is 1. The van der Waals surface area contributed by atoms with E-state index in [0.717, 1.165) is 0 Å². The topological polar surface area (TPSA) is 66.8 Å². The Morgan fingerprint density at radius 3 is 2.29 bits per heavy atom. The van der Waals surface area contributed by atoms with E-state index in [1.54, 1.807) is 60.7 Å². The molecule has 0 aliphatic heterocycles. The van der Waals surface area contributed by atoms with Gasteiger partial charge in [0.1, 0.15) is 17.6 Å². The van der Waals surface area contributed by atoms with E-state index in [-0.39, 0.29) is 0 Å². The van der Waals surface area contributed by atoms with Crippen LogP contribution in [0.4, 0.5) is 4.39 Å². The van der Waals surface area contributed by atoms with Crippen molar-refractivity contribution in [1.82, 2.24) is 0 Å². The normalized spacial score (nSPS) is 17.4. The number of carboxylic acid groups (broad SMARTS) is 1. The molecule has 1 saturated carbocycles. The second-order valence-corrected chi connectivity index (χ2v) is 8.41. The lowest BCUT2D eigenvalue weighted by atomic mass is 9.78. The van der Waals surface area contributed by atoms with Crippen LogP contribution in [0.5, 0.6) is 11.5 Å². The highest BCUT2D eigenvalue weighted by Crippen LogP contribution is 2.54. The van der Waals surface area contributed by atoms with Gasteiger partial charge >= 0.3 is 5.97 Å². The minimum atomic E-state index is -2.86. The maximum atomic E-state index is 15.9. The van der Waals surface area contributed by atoms with Crippen LogP contribution in [-0.4, -0.2) is 28.0 Å². The van der Waals surface area contributed by atoms with Crippen LogP contribution in [0.15, 0.2) is 78.9 Å². The van der Waals surface area contributed by atoms with Crippen LogP contribution in [0.3, 0.4) is 0 Å². The van der Waals surface area contributed by atoms with E-state index < -0.39 is 29.6 Å². The van der Waals surface area contributed by atoms with Crippen molar-refractivity contribution in [2.75, 3.05) is 0 Å². The molecule has 0 aromatic heterocycles. The number of rotatable bonds is 8. The van der Waals surface area contributed by atoms with Gasteiger partial charge < -0.3 is 14.9 Å². The fraction of sp³-hybridized carbons (Fsp3) is 0.240.